The summed E-state index contributed by atoms with van der Waals surface area (Å²) in [4.78, 5) is 14.3. The van der Waals surface area contributed by atoms with Crippen LogP contribution in [0.15, 0.2) is 0 Å². The van der Waals surface area contributed by atoms with Crippen molar-refractivity contribution in [2.75, 3.05) is 26.7 Å². The summed E-state index contributed by atoms with van der Waals surface area (Å²) in [7, 11) is 1.50. The molecule has 0 bridgehead atoms. The molecule has 1 saturated heterocycles. The molecule has 0 aromatic carbocycles. The number of carbonyl (C=O) groups is 1. The summed E-state index contributed by atoms with van der Waals surface area (Å²) in [5.74, 6) is 0.00833. The van der Waals surface area contributed by atoms with Crippen LogP contribution in [0.4, 0.5) is 0 Å². The van der Waals surface area contributed by atoms with Gasteiger partial charge in [-0.25, -0.2) is 0 Å². The number of esters is 1. The molecule has 0 aromatic rings. The monoisotopic (exact) mass is 254 g/mol. The molecule has 2 atom stereocenters. The molecule has 1 aliphatic heterocycles. The highest BCUT2D eigenvalue weighted by Crippen LogP contribution is 2.28. The predicted octanol–water partition coefficient (Wildman–Crippen LogP) is 1.40. The zero-order valence-electron chi connectivity index (χ0n) is 11.7. The van der Waals surface area contributed by atoms with Gasteiger partial charge in [0.2, 0.25) is 0 Å². The molecule has 4 heteroatoms. The predicted molar refractivity (Wildman–Crippen MR) is 71.4 cm³/mol. The number of piperidine rings is 1. The van der Waals surface area contributed by atoms with Gasteiger partial charge in [-0.1, -0.05) is 19.8 Å². The molecule has 2 aliphatic rings. The lowest BCUT2D eigenvalue weighted by molar-refractivity contribution is -0.148. The molecule has 1 aliphatic carbocycles. The van der Waals surface area contributed by atoms with E-state index in [4.69, 9.17) is 4.74 Å². The molecule has 1 saturated carbocycles. The van der Waals surface area contributed by atoms with Crippen LogP contribution >= 0.6 is 0 Å². The molecule has 4 nitrogen and oxygen atoms in total. The number of hydrogen-bond donors (Lipinski definition) is 1. The summed E-state index contributed by atoms with van der Waals surface area (Å²) in [6.07, 6.45) is 6.20. The van der Waals surface area contributed by atoms with Gasteiger partial charge in [-0.3, -0.25) is 9.69 Å². The highest BCUT2D eigenvalue weighted by Gasteiger charge is 2.35. The maximum absolute atomic E-state index is 11.8. The minimum absolute atomic E-state index is 0.0411. The van der Waals surface area contributed by atoms with Crippen LogP contribution in [0.5, 0.6) is 0 Å². The van der Waals surface area contributed by atoms with Gasteiger partial charge in [-0.15, -0.1) is 0 Å². The quantitative estimate of drug-likeness (QED) is 0.770. The van der Waals surface area contributed by atoms with Crippen LogP contribution < -0.4 is 5.32 Å². The topological polar surface area (TPSA) is 41.6 Å². The van der Waals surface area contributed by atoms with Crippen molar-refractivity contribution in [2.24, 2.45) is 5.92 Å². The van der Waals surface area contributed by atoms with Crippen LogP contribution in [-0.4, -0.2) is 49.7 Å². The fourth-order valence-electron chi connectivity index (χ4n) is 3.47. The molecule has 2 rings (SSSR count). The first-order chi connectivity index (χ1) is 8.74. The highest BCUT2D eigenvalue weighted by molar-refractivity contribution is 5.72. The normalized spacial score (nSPS) is 30.6. The van der Waals surface area contributed by atoms with Gasteiger partial charge in [-0.05, 0) is 25.8 Å². The molecule has 1 N–H and O–H groups in total. The molecular weight excluding hydrogens is 228 g/mol. The zero-order valence-corrected chi connectivity index (χ0v) is 11.7. The number of rotatable bonds is 4. The number of likely N-dealkylation sites (N-methyl/N-ethyl adjacent to an activating group) is 1. The van der Waals surface area contributed by atoms with E-state index in [0.717, 1.165) is 26.1 Å². The van der Waals surface area contributed by atoms with Gasteiger partial charge >= 0.3 is 5.97 Å². The fraction of sp³-hybridized carbons (Fsp3) is 0.929. The molecule has 0 radical (unpaired) electrons. The second-order valence-corrected chi connectivity index (χ2v) is 5.60. The Kier molecular flexibility index (Phi) is 5.01. The third kappa shape index (κ3) is 3.23. The Hall–Kier alpha value is -0.610. The third-order valence-corrected chi connectivity index (χ3v) is 4.35. The van der Waals surface area contributed by atoms with Gasteiger partial charge in [-0.2, -0.15) is 0 Å². The Morgan fingerprint density at radius 1 is 1.33 bits per heavy atom. The first-order valence-electron chi connectivity index (χ1n) is 7.29. The molecule has 104 valence electrons. The van der Waals surface area contributed by atoms with Crippen LogP contribution in [-0.2, 0) is 9.53 Å². The molecule has 18 heavy (non-hydrogen) atoms. The average molecular weight is 254 g/mol. The van der Waals surface area contributed by atoms with E-state index >= 15 is 0 Å². The molecule has 2 unspecified atom stereocenters. The van der Waals surface area contributed by atoms with Gasteiger partial charge in [0.1, 0.15) is 0 Å². The lowest BCUT2D eigenvalue weighted by Gasteiger charge is -2.40. The van der Waals surface area contributed by atoms with Crippen molar-refractivity contribution in [1.29, 1.82) is 0 Å². The largest absolute Gasteiger partial charge is 0.469 e. The van der Waals surface area contributed by atoms with Gasteiger partial charge in [0.15, 0.2) is 0 Å². The number of carbonyl (C=O) groups excluding carboxylic acids is 1. The number of nitrogens with zero attached hydrogens (tertiary/aromatic N) is 1. The van der Waals surface area contributed by atoms with E-state index in [1.165, 1.54) is 32.8 Å². The van der Waals surface area contributed by atoms with Gasteiger partial charge in [0.05, 0.1) is 13.0 Å². The number of likely N-dealkylation sites (tertiary alicyclic amines) is 1. The van der Waals surface area contributed by atoms with E-state index in [2.05, 4.69) is 17.1 Å². The summed E-state index contributed by atoms with van der Waals surface area (Å²) in [6, 6.07) is 1.13. The maximum Gasteiger partial charge on any atom is 0.310 e. The molecule has 0 spiro atoms. The van der Waals surface area contributed by atoms with E-state index in [1.807, 2.05) is 0 Å². The van der Waals surface area contributed by atoms with Crippen LogP contribution in [0.1, 0.15) is 39.0 Å². The summed E-state index contributed by atoms with van der Waals surface area (Å²) in [6.45, 7) is 5.07. The smallest absolute Gasteiger partial charge is 0.310 e. The van der Waals surface area contributed by atoms with Crippen LogP contribution in [0, 0.1) is 5.92 Å². The van der Waals surface area contributed by atoms with Gasteiger partial charge in [0, 0.05) is 25.2 Å². The lowest BCUT2D eigenvalue weighted by Crippen LogP contribution is -2.53. The number of hydrogen-bond acceptors (Lipinski definition) is 4. The molecule has 1 heterocycles. The maximum atomic E-state index is 11.8. The third-order valence-electron chi connectivity index (χ3n) is 4.35. The first kappa shape index (κ1) is 13.8. The van der Waals surface area contributed by atoms with E-state index < -0.39 is 0 Å². The van der Waals surface area contributed by atoms with E-state index in [-0.39, 0.29) is 11.9 Å². The van der Waals surface area contributed by atoms with Crippen molar-refractivity contribution < 1.29 is 9.53 Å². The van der Waals surface area contributed by atoms with Gasteiger partial charge in [0.25, 0.3) is 0 Å². The number of methoxy groups -OCH3 is 1. The Balaban J connectivity index is 1.98. The summed E-state index contributed by atoms with van der Waals surface area (Å²) >= 11 is 0. The van der Waals surface area contributed by atoms with Crippen molar-refractivity contribution in [3.05, 3.63) is 0 Å². The summed E-state index contributed by atoms with van der Waals surface area (Å²) in [5, 5.41) is 3.50. The average Bonchev–Trinajstić information content (AvgIpc) is 2.91. The molecule has 2 fully saturated rings. The molecule has 0 amide bonds. The van der Waals surface area contributed by atoms with Crippen molar-refractivity contribution in [2.45, 2.75) is 51.1 Å². The second-order valence-electron chi connectivity index (χ2n) is 5.60. The van der Waals surface area contributed by atoms with Crippen molar-refractivity contribution >= 4 is 5.97 Å². The standard InChI is InChI=1S/C14H26N2O2/c1-3-15-12-8-11(14(17)18-2)9-16(10-12)13-6-4-5-7-13/h11-13,15H,3-10H2,1-2H3. The van der Waals surface area contributed by atoms with E-state index in [1.54, 1.807) is 0 Å². The summed E-state index contributed by atoms with van der Waals surface area (Å²) < 4.78 is 4.93. The number of ether oxygens (including phenoxy) is 1. The summed E-state index contributed by atoms with van der Waals surface area (Å²) in [5.41, 5.74) is 0. The molecular formula is C14H26N2O2. The highest BCUT2D eigenvalue weighted by atomic mass is 16.5. The van der Waals surface area contributed by atoms with Crippen molar-refractivity contribution in [3.63, 3.8) is 0 Å². The Bertz CT molecular complexity index is 277. The zero-order chi connectivity index (χ0) is 13.0. The minimum Gasteiger partial charge on any atom is -0.469 e. The Labute approximate surface area is 110 Å². The van der Waals surface area contributed by atoms with Crippen molar-refractivity contribution in [3.8, 4) is 0 Å². The fourth-order valence-corrected chi connectivity index (χ4v) is 3.47. The Morgan fingerprint density at radius 2 is 2.06 bits per heavy atom. The van der Waals surface area contributed by atoms with Crippen molar-refractivity contribution in [1.82, 2.24) is 10.2 Å². The minimum atomic E-state index is -0.0411. The number of nitrogens with one attached hydrogen (secondary N) is 1. The Morgan fingerprint density at radius 3 is 2.67 bits per heavy atom. The SMILES string of the molecule is CCNC1CC(C(=O)OC)CN(C2CCCC2)C1. The van der Waals surface area contributed by atoms with Gasteiger partial charge < -0.3 is 10.1 Å². The van der Waals surface area contributed by atoms with E-state index in [9.17, 15) is 4.79 Å². The molecule has 0 aromatic heterocycles. The van der Waals surface area contributed by atoms with Crippen LogP contribution in [0.2, 0.25) is 0 Å². The van der Waals surface area contributed by atoms with E-state index in [0.29, 0.717) is 12.1 Å². The lowest BCUT2D eigenvalue weighted by atomic mass is 9.92. The second kappa shape index (κ2) is 6.53. The first-order valence-corrected chi connectivity index (χ1v) is 7.29. The van der Waals surface area contributed by atoms with Crippen LogP contribution in [0.3, 0.4) is 0 Å². The van der Waals surface area contributed by atoms with Crippen LogP contribution in [0.25, 0.3) is 0 Å².